The summed E-state index contributed by atoms with van der Waals surface area (Å²) in [5, 5.41) is 0.720. The van der Waals surface area contributed by atoms with E-state index in [4.69, 9.17) is 15.2 Å². The molecule has 1 aliphatic heterocycles. The Morgan fingerprint density at radius 2 is 2.18 bits per heavy atom. The van der Waals surface area contributed by atoms with Crippen LogP contribution in [0.15, 0.2) is 12.1 Å². The van der Waals surface area contributed by atoms with Crippen LogP contribution in [0.25, 0.3) is 10.9 Å². The molecule has 0 amide bonds. The van der Waals surface area contributed by atoms with E-state index in [2.05, 4.69) is 4.57 Å². The first kappa shape index (κ1) is 15.3. The van der Waals surface area contributed by atoms with Crippen molar-refractivity contribution in [3.8, 4) is 5.75 Å². The number of ether oxygens (including phenoxy) is 2. The topological polar surface area (TPSA) is 49.4 Å². The van der Waals surface area contributed by atoms with Crippen LogP contribution in [0.1, 0.15) is 24.1 Å². The van der Waals surface area contributed by atoms with E-state index in [9.17, 15) is 4.39 Å². The molecule has 3 rings (SSSR count). The van der Waals surface area contributed by atoms with Crippen molar-refractivity contribution in [1.82, 2.24) is 4.57 Å². The number of fused-ring (bicyclic) bond motifs is 3. The summed E-state index contributed by atoms with van der Waals surface area (Å²) in [5.41, 5.74) is 9.02. The molecular weight excluding hydrogens is 283 g/mol. The van der Waals surface area contributed by atoms with Gasteiger partial charge in [-0.3, -0.25) is 0 Å². The summed E-state index contributed by atoms with van der Waals surface area (Å²) in [6.07, 6.45) is 3.86. The molecule has 5 heteroatoms. The van der Waals surface area contributed by atoms with Crippen LogP contribution in [-0.4, -0.2) is 31.4 Å². The maximum absolute atomic E-state index is 14.9. The van der Waals surface area contributed by atoms with Crippen LogP contribution < -0.4 is 10.5 Å². The molecule has 120 valence electrons. The molecule has 0 unspecified atom stereocenters. The van der Waals surface area contributed by atoms with Crippen molar-refractivity contribution in [3.63, 3.8) is 0 Å². The standard InChI is InChI=1S/C17H23FN2O2/c1-21-10-11-22-15-7-6-14-16(17(15)18)12(4-2-8-19)13-5-3-9-20(13)14/h6-7H,2-5,8-11,19H2,1H3. The molecule has 0 atom stereocenters. The molecular formula is C17H23FN2O2. The Hall–Kier alpha value is -1.59. The lowest BCUT2D eigenvalue weighted by molar-refractivity contribution is 0.144. The van der Waals surface area contributed by atoms with E-state index in [-0.39, 0.29) is 5.82 Å². The lowest BCUT2D eigenvalue weighted by Crippen LogP contribution is -2.06. The zero-order valence-electron chi connectivity index (χ0n) is 13.0. The molecule has 2 aromatic rings. The monoisotopic (exact) mass is 306 g/mol. The van der Waals surface area contributed by atoms with Gasteiger partial charge in [0, 0.05) is 24.7 Å². The maximum atomic E-state index is 14.9. The molecule has 0 spiro atoms. The van der Waals surface area contributed by atoms with Gasteiger partial charge in [-0.05, 0) is 49.9 Å². The maximum Gasteiger partial charge on any atom is 0.174 e. The lowest BCUT2D eigenvalue weighted by Gasteiger charge is -2.09. The van der Waals surface area contributed by atoms with Crippen molar-refractivity contribution in [2.45, 2.75) is 32.2 Å². The predicted molar refractivity (Wildman–Crippen MR) is 85.0 cm³/mol. The Morgan fingerprint density at radius 1 is 1.32 bits per heavy atom. The quantitative estimate of drug-likeness (QED) is 0.800. The summed E-state index contributed by atoms with van der Waals surface area (Å²) in [7, 11) is 1.60. The van der Waals surface area contributed by atoms with Gasteiger partial charge in [-0.15, -0.1) is 0 Å². The minimum absolute atomic E-state index is 0.248. The van der Waals surface area contributed by atoms with Crippen molar-refractivity contribution >= 4 is 10.9 Å². The average Bonchev–Trinajstić information content (AvgIpc) is 3.09. The third-order valence-electron chi connectivity index (χ3n) is 4.32. The second kappa shape index (κ2) is 6.67. The number of nitrogens with two attached hydrogens (primary N) is 1. The van der Waals surface area contributed by atoms with Crippen LogP contribution in [-0.2, 0) is 24.1 Å². The van der Waals surface area contributed by atoms with Gasteiger partial charge in [-0.1, -0.05) is 0 Å². The number of hydrogen-bond acceptors (Lipinski definition) is 3. The van der Waals surface area contributed by atoms with Crippen LogP contribution in [0.2, 0.25) is 0 Å². The molecule has 1 aromatic heterocycles. The normalized spacial score (nSPS) is 13.8. The van der Waals surface area contributed by atoms with Gasteiger partial charge in [0.15, 0.2) is 11.6 Å². The predicted octanol–water partition coefficient (Wildman–Crippen LogP) is 2.64. The summed E-state index contributed by atoms with van der Waals surface area (Å²) in [5.74, 6) is 0.0605. The minimum Gasteiger partial charge on any atom is -0.488 e. The van der Waals surface area contributed by atoms with Gasteiger partial charge < -0.3 is 19.8 Å². The molecule has 0 saturated carbocycles. The molecule has 0 aliphatic carbocycles. The third kappa shape index (κ3) is 2.59. The molecule has 2 heterocycles. The van der Waals surface area contributed by atoms with Crippen molar-refractivity contribution < 1.29 is 13.9 Å². The second-order valence-electron chi connectivity index (χ2n) is 5.69. The molecule has 1 aliphatic rings. The fourth-order valence-corrected chi connectivity index (χ4v) is 3.35. The Labute approximate surface area is 130 Å². The van der Waals surface area contributed by atoms with Gasteiger partial charge in [0.1, 0.15) is 6.61 Å². The van der Waals surface area contributed by atoms with Gasteiger partial charge >= 0.3 is 0 Å². The van der Waals surface area contributed by atoms with E-state index >= 15 is 0 Å². The molecule has 4 nitrogen and oxygen atoms in total. The first-order chi connectivity index (χ1) is 10.8. The van der Waals surface area contributed by atoms with Gasteiger partial charge in [-0.25, -0.2) is 4.39 Å². The fourth-order valence-electron chi connectivity index (χ4n) is 3.35. The number of nitrogens with zero attached hydrogens (tertiary/aromatic N) is 1. The van der Waals surface area contributed by atoms with Crippen LogP contribution >= 0.6 is 0 Å². The molecule has 0 saturated heterocycles. The van der Waals surface area contributed by atoms with Crippen LogP contribution in [0.4, 0.5) is 4.39 Å². The molecule has 0 bridgehead atoms. The van der Waals surface area contributed by atoms with E-state index < -0.39 is 0 Å². The van der Waals surface area contributed by atoms with Crippen molar-refractivity contribution in [2.75, 3.05) is 26.9 Å². The lowest BCUT2D eigenvalue weighted by atomic mass is 10.0. The van der Waals surface area contributed by atoms with E-state index in [0.717, 1.165) is 48.7 Å². The number of methoxy groups -OCH3 is 1. The van der Waals surface area contributed by atoms with Crippen molar-refractivity contribution in [1.29, 1.82) is 0 Å². The average molecular weight is 306 g/mol. The summed E-state index contributed by atoms with van der Waals surface area (Å²) in [4.78, 5) is 0. The number of aryl methyl sites for hydroxylation is 2. The molecule has 0 fully saturated rings. The van der Waals surface area contributed by atoms with Crippen LogP contribution in [0.5, 0.6) is 5.75 Å². The van der Waals surface area contributed by atoms with E-state index in [1.807, 2.05) is 6.07 Å². The molecule has 1 aromatic carbocycles. The SMILES string of the molecule is COCCOc1ccc2c(c1F)c(CCCN)c1n2CCC1. The Morgan fingerprint density at radius 3 is 2.95 bits per heavy atom. The summed E-state index contributed by atoms with van der Waals surface area (Å²) < 4.78 is 27.6. The highest BCUT2D eigenvalue weighted by atomic mass is 19.1. The van der Waals surface area contributed by atoms with Gasteiger partial charge in [-0.2, -0.15) is 0 Å². The first-order valence-corrected chi connectivity index (χ1v) is 7.92. The molecule has 2 N–H and O–H groups in total. The smallest absolute Gasteiger partial charge is 0.174 e. The number of aromatic nitrogens is 1. The zero-order chi connectivity index (χ0) is 15.5. The Kier molecular flexibility index (Phi) is 4.64. The fraction of sp³-hybridized carbons (Fsp3) is 0.529. The van der Waals surface area contributed by atoms with Crippen LogP contribution in [0, 0.1) is 5.82 Å². The highest BCUT2D eigenvalue weighted by Crippen LogP contribution is 2.37. The summed E-state index contributed by atoms with van der Waals surface area (Å²) >= 11 is 0. The van der Waals surface area contributed by atoms with Crippen molar-refractivity contribution in [3.05, 3.63) is 29.2 Å². The van der Waals surface area contributed by atoms with E-state index in [1.54, 1.807) is 13.2 Å². The molecule has 22 heavy (non-hydrogen) atoms. The van der Waals surface area contributed by atoms with E-state index in [0.29, 0.717) is 25.5 Å². The third-order valence-corrected chi connectivity index (χ3v) is 4.32. The number of halogens is 1. The molecule has 0 radical (unpaired) electrons. The highest BCUT2D eigenvalue weighted by molar-refractivity contribution is 5.88. The highest BCUT2D eigenvalue weighted by Gasteiger charge is 2.24. The number of hydrogen-bond donors (Lipinski definition) is 1. The Balaban J connectivity index is 2.04. The largest absolute Gasteiger partial charge is 0.488 e. The number of rotatable bonds is 7. The number of benzene rings is 1. The zero-order valence-corrected chi connectivity index (χ0v) is 13.0. The van der Waals surface area contributed by atoms with Gasteiger partial charge in [0.2, 0.25) is 0 Å². The van der Waals surface area contributed by atoms with E-state index in [1.165, 1.54) is 5.69 Å². The minimum atomic E-state index is -0.248. The Bertz CT molecular complexity index is 666. The van der Waals surface area contributed by atoms with Gasteiger partial charge in [0.25, 0.3) is 0 Å². The second-order valence-corrected chi connectivity index (χ2v) is 5.69. The van der Waals surface area contributed by atoms with Gasteiger partial charge in [0.05, 0.1) is 12.1 Å². The van der Waals surface area contributed by atoms with Crippen LogP contribution in [0.3, 0.4) is 0 Å². The summed E-state index contributed by atoms with van der Waals surface area (Å²) in [6, 6.07) is 3.70. The first-order valence-electron chi connectivity index (χ1n) is 7.92. The van der Waals surface area contributed by atoms with Crippen molar-refractivity contribution in [2.24, 2.45) is 5.73 Å². The summed E-state index contributed by atoms with van der Waals surface area (Å²) in [6.45, 7) is 2.39.